The van der Waals surface area contributed by atoms with Gasteiger partial charge in [-0.25, -0.2) is 0 Å². The van der Waals surface area contributed by atoms with Crippen molar-refractivity contribution in [2.45, 2.75) is 76.9 Å². The van der Waals surface area contributed by atoms with Crippen LogP contribution in [0.5, 0.6) is 0 Å². The van der Waals surface area contributed by atoms with Crippen LogP contribution in [-0.2, 0) is 4.79 Å². The zero-order valence-corrected chi connectivity index (χ0v) is 15.9. The summed E-state index contributed by atoms with van der Waals surface area (Å²) >= 11 is 2.25. The Labute approximate surface area is 145 Å². The Hall–Kier alpha value is 0.0200. The summed E-state index contributed by atoms with van der Waals surface area (Å²) in [5, 5.41) is 0. The zero-order valence-electron chi connectivity index (χ0n) is 15.1. The minimum atomic E-state index is 0.0538. The number of carbonyl (C=O) groups is 1. The molecule has 0 radical (unpaired) electrons. The van der Waals surface area contributed by atoms with Crippen molar-refractivity contribution in [3.05, 3.63) is 0 Å². The maximum Gasteiger partial charge on any atom is 0.139 e. The molecule has 0 amide bonds. The van der Waals surface area contributed by atoms with E-state index in [1.54, 1.807) is 0 Å². The minimum Gasteiger partial charge on any atom is -0.299 e. The molecule has 1 saturated heterocycles. The lowest BCUT2D eigenvalue weighted by atomic mass is 9.43. The highest BCUT2D eigenvalue weighted by Gasteiger charge is 2.64. The van der Waals surface area contributed by atoms with Crippen molar-refractivity contribution in [1.29, 1.82) is 0 Å². The van der Waals surface area contributed by atoms with Gasteiger partial charge in [-0.1, -0.05) is 20.8 Å². The van der Waals surface area contributed by atoms with E-state index in [-0.39, 0.29) is 5.41 Å². The molecular formula is C21H32OS. The summed E-state index contributed by atoms with van der Waals surface area (Å²) in [7, 11) is 0. The quantitative estimate of drug-likeness (QED) is 0.558. The van der Waals surface area contributed by atoms with E-state index >= 15 is 0 Å². The molecular weight excluding hydrogens is 300 g/mol. The molecule has 8 atom stereocenters. The van der Waals surface area contributed by atoms with E-state index in [4.69, 9.17) is 0 Å². The smallest absolute Gasteiger partial charge is 0.139 e. The van der Waals surface area contributed by atoms with Crippen molar-refractivity contribution in [2.75, 3.05) is 5.75 Å². The molecule has 2 heteroatoms. The number of carbonyl (C=O) groups excluding carboxylic acids is 1. The number of hydrogen-bond acceptors (Lipinski definition) is 2. The first-order valence-corrected chi connectivity index (χ1v) is 11.0. The molecule has 4 saturated carbocycles. The topological polar surface area (TPSA) is 17.1 Å². The summed E-state index contributed by atoms with van der Waals surface area (Å²) in [5.41, 5.74) is 0.627. The standard InChI is InChI=1S/C21H32OS/c1-13-10-20(3)14(11-21(13)12-23-21)4-5-15-16-6-7-18(22)19(16,2)9-8-17(15)20/h13-17H,4-12H2,1-3H3/t13-,14+,15-,16-,17+,19+,20+,21+/m1/s1. The van der Waals surface area contributed by atoms with E-state index in [1.807, 2.05) is 0 Å². The number of rotatable bonds is 0. The van der Waals surface area contributed by atoms with Gasteiger partial charge in [0.15, 0.2) is 0 Å². The van der Waals surface area contributed by atoms with Gasteiger partial charge in [0.05, 0.1) is 0 Å². The maximum absolute atomic E-state index is 12.5. The highest BCUT2D eigenvalue weighted by molar-refractivity contribution is 8.07. The molecule has 0 bridgehead atoms. The van der Waals surface area contributed by atoms with Crippen LogP contribution in [0.15, 0.2) is 0 Å². The first-order valence-electron chi connectivity index (χ1n) is 10.1. The molecule has 0 N–H and O–H groups in total. The van der Waals surface area contributed by atoms with Gasteiger partial charge in [0.25, 0.3) is 0 Å². The molecule has 23 heavy (non-hydrogen) atoms. The van der Waals surface area contributed by atoms with Crippen LogP contribution in [0.2, 0.25) is 0 Å². The summed E-state index contributed by atoms with van der Waals surface area (Å²) < 4.78 is 0.684. The number of ketones is 1. The van der Waals surface area contributed by atoms with Crippen LogP contribution in [0.3, 0.4) is 0 Å². The van der Waals surface area contributed by atoms with Crippen LogP contribution in [0.25, 0.3) is 0 Å². The molecule has 0 aromatic carbocycles. The lowest BCUT2D eigenvalue weighted by Crippen LogP contribution is -2.55. The Bertz CT molecular complexity index is 552. The van der Waals surface area contributed by atoms with Crippen LogP contribution in [0, 0.1) is 40.4 Å². The van der Waals surface area contributed by atoms with Crippen molar-refractivity contribution in [2.24, 2.45) is 40.4 Å². The van der Waals surface area contributed by atoms with Crippen LogP contribution in [0.1, 0.15) is 72.1 Å². The Morgan fingerprint density at radius 3 is 2.57 bits per heavy atom. The van der Waals surface area contributed by atoms with Crippen LogP contribution < -0.4 is 0 Å². The molecule has 1 nitrogen and oxygen atoms in total. The predicted octanol–water partition coefficient (Wildman–Crippen LogP) is 5.33. The molecule has 5 fully saturated rings. The molecule has 0 unspecified atom stereocenters. The van der Waals surface area contributed by atoms with Gasteiger partial charge in [0.1, 0.15) is 5.78 Å². The van der Waals surface area contributed by atoms with Gasteiger partial charge in [-0.3, -0.25) is 4.79 Å². The van der Waals surface area contributed by atoms with Crippen molar-refractivity contribution >= 4 is 17.5 Å². The number of Topliss-reactive ketones (excluding diaryl/α,β-unsaturated/α-hetero) is 1. The number of hydrogen-bond donors (Lipinski definition) is 0. The van der Waals surface area contributed by atoms with E-state index in [9.17, 15) is 4.79 Å². The second-order valence-electron chi connectivity index (χ2n) is 10.2. The largest absolute Gasteiger partial charge is 0.299 e. The Morgan fingerprint density at radius 1 is 1.04 bits per heavy atom. The van der Waals surface area contributed by atoms with Crippen molar-refractivity contribution in [3.8, 4) is 0 Å². The van der Waals surface area contributed by atoms with Crippen molar-refractivity contribution in [1.82, 2.24) is 0 Å². The van der Waals surface area contributed by atoms with E-state index in [0.717, 1.165) is 30.1 Å². The SMILES string of the molecule is C[C@@H]1C[C@@]2(C)[C@@H](CC[C@@H]3[C@H]4CCC(=O)[C@@]4(C)CC[C@@H]32)C[C@]12CS2. The predicted molar refractivity (Wildman–Crippen MR) is 96.5 cm³/mol. The third-order valence-electron chi connectivity index (χ3n) is 9.53. The van der Waals surface area contributed by atoms with E-state index in [2.05, 4.69) is 32.5 Å². The third-order valence-corrected chi connectivity index (χ3v) is 11.1. The van der Waals surface area contributed by atoms with Gasteiger partial charge >= 0.3 is 0 Å². The Kier molecular flexibility index (Phi) is 3.05. The summed E-state index contributed by atoms with van der Waals surface area (Å²) in [6.07, 6.45) is 10.4. The normalized spacial score (nSPS) is 61.0. The average Bonchev–Trinajstić information content (AvgIpc) is 3.22. The summed E-state index contributed by atoms with van der Waals surface area (Å²) in [4.78, 5) is 12.5. The fraction of sp³-hybridized carbons (Fsp3) is 0.952. The lowest BCUT2D eigenvalue weighted by molar-refractivity contribution is -0.141. The monoisotopic (exact) mass is 332 g/mol. The van der Waals surface area contributed by atoms with Gasteiger partial charge in [-0.15, -0.1) is 0 Å². The molecule has 0 aromatic rings. The fourth-order valence-corrected chi connectivity index (χ4v) is 9.19. The molecule has 1 heterocycles. The Balaban J connectivity index is 1.47. The molecule has 0 aromatic heterocycles. The average molecular weight is 333 g/mol. The maximum atomic E-state index is 12.5. The van der Waals surface area contributed by atoms with E-state index < -0.39 is 0 Å². The van der Waals surface area contributed by atoms with Crippen LogP contribution >= 0.6 is 11.8 Å². The van der Waals surface area contributed by atoms with Crippen LogP contribution in [0.4, 0.5) is 0 Å². The summed E-state index contributed by atoms with van der Waals surface area (Å²) in [6, 6.07) is 0. The highest BCUT2D eigenvalue weighted by Crippen LogP contribution is 2.70. The van der Waals surface area contributed by atoms with Gasteiger partial charge in [-0.05, 0) is 80.0 Å². The minimum absolute atomic E-state index is 0.0538. The molecule has 128 valence electrons. The van der Waals surface area contributed by atoms with Crippen molar-refractivity contribution < 1.29 is 4.79 Å². The van der Waals surface area contributed by atoms with Crippen LogP contribution in [-0.4, -0.2) is 16.3 Å². The molecule has 1 spiro atoms. The van der Waals surface area contributed by atoms with E-state index in [1.165, 1.54) is 50.7 Å². The van der Waals surface area contributed by atoms with Gasteiger partial charge < -0.3 is 0 Å². The number of fused-ring (bicyclic) bond motifs is 5. The van der Waals surface area contributed by atoms with Gasteiger partial charge in [-0.2, -0.15) is 11.8 Å². The summed E-state index contributed by atoms with van der Waals surface area (Å²) in [6.45, 7) is 7.51. The molecule has 5 aliphatic rings. The second-order valence-corrected chi connectivity index (χ2v) is 11.6. The highest BCUT2D eigenvalue weighted by atomic mass is 32.2. The van der Waals surface area contributed by atoms with Crippen molar-refractivity contribution in [3.63, 3.8) is 0 Å². The Morgan fingerprint density at radius 2 is 1.83 bits per heavy atom. The zero-order chi connectivity index (χ0) is 16.0. The third kappa shape index (κ3) is 1.85. The lowest BCUT2D eigenvalue weighted by Gasteiger charge is -2.61. The molecule has 1 aliphatic heterocycles. The fourth-order valence-electron chi connectivity index (χ4n) is 7.92. The first-order chi connectivity index (χ1) is 10.9. The van der Waals surface area contributed by atoms with Gasteiger partial charge in [0.2, 0.25) is 0 Å². The molecule has 4 aliphatic carbocycles. The van der Waals surface area contributed by atoms with Gasteiger partial charge in [0, 0.05) is 22.3 Å². The molecule has 5 rings (SSSR count). The second kappa shape index (κ2) is 4.59. The van der Waals surface area contributed by atoms with E-state index in [0.29, 0.717) is 21.9 Å². The first kappa shape index (κ1) is 15.3. The summed E-state index contributed by atoms with van der Waals surface area (Å²) in [5.74, 6) is 6.39. The number of thioether (sulfide) groups is 1.